The van der Waals surface area contributed by atoms with Crippen molar-refractivity contribution >= 4 is 74.3 Å². The van der Waals surface area contributed by atoms with Gasteiger partial charge in [0, 0.05) is 35.5 Å². The van der Waals surface area contributed by atoms with E-state index in [0.29, 0.717) is 32.3 Å². The van der Waals surface area contributed by atoms with E-state index in [2.05, 4.69) is 10.3 Å². The third kappa shape index (κ3) is 7.48. The molecule has 0 spiro atoms. The minimum Gasteiger partial charge on any atom is -0.302 e. The molecule has 9 heteroatoms. The molecular formula is C26H24ClN3O2S3. The minimum atomic E-state index is -0.0474. The lowest BCUT2D eigenvalue weighted by Gasteiger charge is -2.14. The van der Waals surface area contributed by atoms with Crippen LogP contribution < -0.4 is 5.32 Å². The maximum Gasteiger partial charge on any atom is 0.266 e. The number of anilines is 1. The van der Waals surface area contributed by atoms with Gasteiger partial charge in [0.15, 0.2) is 5.13 Å². The van der Waals surface area contributed by atoms with Crippen LogP contribution >= 0.6 is 46.9 Å². The highest BCUT2D eigenvalue weighted by molar-refractivity contribution is 8.26. The van der Waals surface area contributed by atoms with E-state index >= 15 is 0 Å². The van der Waals surface area contributed by atoms with Gasteiger partial charge in [-0.2, -0.15) is 0 Å². The zero-order valence-corrected chi connectivity index (χ0v) is 22.1. The van der Waals surface area contributed by atoms with Gasteiger partial charge >= 0.3 is 0 Å². The molecule has 4 rings (SSSR count). The molecule has 35 heavy (non-hydrogen) atoms. The predicted octanol–water partition coefficient (Wildman–Crippen LogP) is 6.79. The molecule has 1 saturated heterocycles. The minimum absolute atomic E-state index is 0.0419. The van der Waals surface area contributed by atoms with Crippen LogP contribution in [0.2, 0.25) is 5.02 Å². The van der Waals surface area contributed by atoms with Crippen LogP contribution in [0.3, 0.4) is 0 Å². The van der Waals surface area contributed by atoms with Gasteiger partial charge in [-0.1, -0.05) is 84.5 Å². The number of unbranched alkanes of at least 4 members (excludes halogenated alkanes) is 2. The Morgan fingerprint density at radius 2 is 1.86 bits per heavy atom. The van der Waals surface area contributed by atoms with Crippen molar-refractivity contribution in [2.75, 3.05) is 11.9 Å². The summed E-state index contributed by atoms with van der Waals surface area (Å²) in [5.74, 6) is -0.0893. The smallest absolute Gasteiger partial charge is 0.266 e. The molecule has 5 nitrogen and oxygen atoms in total. The summed E-state index contributed by atoms with van der Waals surface area (Å²) in [7, 11) is 0. The predicted molar refractivity (Wildman–Crippen MR) is 150 cm³/mol. The quantitative estimate of drug-likeness (QED) is 0.174. The van der Waals surface area contributed by atoms with E-state index in [0.717, 1.165) is 41.7 Å². The molecule has 0 saturated carbocycles. The average molecular weight is 542 g/mol. The van der Waals surface area contributed by atoms with E-state index < -0.39 is 0 Å². The number of hydrogen-bond acceptors (Lipinski definition) is 6. The number of carbonyl (C=O) groups excluding carboxylic acids is 2. The summed E-state index contributed by atoms with van der Waals surface area (Å²) in [6.07, 6.45) is 7.21. The maximum absolute atomic E-state index is 12.7. The number of amides is 2. The molecule has 1 aliphatic heterocycles. The lowest BCUT2D eigenvalue weighted by molar-refractivity contribution is -0.122. The normalized spacial score (nSPS) is 14.7. The lowest BCUT2D eigenvalue weighted by atomic mass is 10.1. The Morgan fingerprint density at radius 1 is 1.09 bits per heavy atom. The van der Waals surface area contributed by atoms with E-state index in [4.69, 9.17) is 23.8 Å². The largest absolute Gasteiger partial charge is 0.302 e. The second-order valence-electron chi connectivity index (χ2n) is 8.04. The van der Waals surface area contributed by atoms with Crippen molar-refractivity contribution in [3.8, 4) is 0 Å². The first-order valence-corrected chi connectivity index (χ1v) is 13.7. The maximum atomic E-state index is 12.7. The Morgan fingerprint density at radius 3 is 2.63 bits per heavy atom. The molecule has 1 N–H and O–H groups in total. The van der Waals surface area contributed by atoms with Gasteiger partial charge in [0.2, 0.25) is 5.91 Å². The Kier molecular flexibility index (Phi) is 9.09. The Labute approximate surface area is 223 Å². The van der Waals surface area contributed by atoms with Gasteiger partial charge in [-0.05, 0) is 42.2 Å². The number of nitrogens with one attached hydrogen (secondary N) is 1. The van der Waals surface area contributed by atoms with E-state index in [1.54, 1.807) is 11.1 Å². The second-order valence-corrected chi connectivity index (χ2v) is 11.3. The summed E-state index contributed by atoms with van der Waals surface area (Å²) in [6, 6.07) is 17.5. The fourth-order valence-corrected chi connectivity index (χ4v) is 5.86. The highest BCUT2D eigenvalue weighted by atomic mass is 35.5. The first-order chi connectivity index (χ1) is 17.0. The highest BCUT2D eigenvalue weighted by Crippen LogP contribution is 2.32. The van der Waals surface area contributed by atoms with Crippen molar-refractivity contribution in [2.24, 2.45) is 0 Å². The van der Waals surface area contributed by atoms with Crippen molar-refractivity contribution in [1.29, 1.82) is 0 Å². The molecule has 180 valence electrons. The van der Waals surface area contributed by atoms with Crippen LogP contribution in [0.25, 0.3) is 6.08 Å². The fraction of sp³-hybridized carbons (Fsp3) is 0.231. The number of halogens is 1. The van der Waals surface area contributed by atoms with Crippen LogP contribution in [-0.2, 0) is 16.0 Å². The van der Waals surface area contributed by atoms with Crippen molar-refractivity contribution in [3.63, 3.8) is 0 Å². The molecule has 1 aromatic heterocycles. The van der Waals surface area contributed by atoms with Gasteiger partial charge in [0.25, 0.3) is 5.91 Å². The number of rotatable bonds is 10. The number of benzene rings is 2. The molecule has 0 unspecified atom stereocenters. The number of hydrogen-bond donors (Lipinski definition) is 1. The second kappa shape index (κ2) is 12.4. The number of nitrogens with zero attached hydrogens (tertiary/aromatic N) is 2. The van der Waals surface area contributed by atoms with Crippen molar-refractivity contribution in [3.05, 3.63) is 86.7 Å². The summed E-state index contributed by atoms with van der Waals surface area (Å²) in [4.78, 5) is 32.7. The summed E-state index contributed by atoms with van der Waals surface area (Å²) in [5, 5.41) is 4.21. The Hall–Kier alpha value is -2.52. The fourth-order valence-electron chi connectivity index (χ4n) is 3.56. The summed E-state index contributed by atoms with van der Waals surface area (Å²) >= 11 is 14.2. The molecule has 2 amide bonds. The van der Waals surface area contributed by atoms with Crippen LogP contribution in [0.5, 0.6) is 0 Å². The monoisotopic (exact) mass is 541 g/mol. The molecular weight excluding hydrogens is 518 g/mol. The van der Waals surface area contributed by atoms with Gasteiger partial charge in [0.05, 0.1) is 4.91 Å². The zero-order valence-electron chi connectivity index (χ0n) is 18.9. The van der Waals surface area contributed by atoms with Crippen molar-refractivity contribution in [1.82, 2.24) is 9.88 Å². The number of aromatic nitrogens is 1. The van der Waals surface area contributed by atoms with E-state index in [-0.39, 0.29) is 11.8 Å². The van der Waals surface area contributed by atoms with E-state index in [1.165, 1.54) is 23.1 Å². The Bertz CT molecular complexity index is 1230. The lowest BCUT2D eigenvalue weighted by Crippen LogP contribution is -2.29. The highest BCUT2D eigenvalue weighted by Gasteiger charge is 2.31. The van der Waals surface area contributed by atoms with Gasteiger partial charge in [0.1, 0.15) is 4.32 Å². The SMILES string of the molecule is O=C(CCCCCN1C(=O)C(=Cc2ccccc2)SC1=S)Nc1ncc(Cc2ccc(Cl)cc2)s1. The van der Waals surface area contributed by atoms with Gasteiger partial charge in [-0.25, -0.2) is 4.98 Å². The van der Waals surface area contributed by atoms with Gasteiger partial charge in [-0.15, -0.1) is 11.3 Å². The van der Waals surface area contributed by atoms with E-state index in [1.807, 2.05) is 60.7 Å². The van der Waals surface area contributed by atoms with Gasteiger partial charge < -0.3 is 5.32 Å². The summed E-state index contributed by atoms with van der Waals surface area (Å²) in [5.41, 5.74) is 2.13. The van der Waals surface area contributed by atoms with Gasteiger partial charge in [-0.3, -0.25) is 14.5 Å². The molecule has 2 heterocycles. The molecule has 0 bridgehead atoms. The first-order valence-electron chi connectivity index (χ1n) is 11.3. The summed E-state index contributed by atoms with van der Waals surface area (Å²) < 4.78 is 0.591. The van der Waals surface area contributed by atoms with Crippen LogP contribution in [0.4, 0.5) is 5.13 Å². The van der Waals surface area contributed by atoms with Crippen LogP contribution in [-0.4, -0.2) is 32.6 Å². The molecule has 1 aliphatic rings. The zero-order chi connectivity index (χ0) is 24.6. The third-order valence-electron chi connectivity index (χ3n) is 5.35. The third-order valence-corrected chi connectivity index (χ3v) is 7.89. The first kappa shape index (κ1) is 25.6. The standard InChI is InChI=1S/C26H24ClN3O2S3/c27-20-12-10-19(11-13-20)15-21-17-28-25(34-21)29-23(31)9-5-2-6-14-30-24(32)22(35-26(30)33)16-18-7-3-1-4-8-18/h1,3-4,7-8,10-13,16-17H,2,5-6,9,14-15H2,(H,28,29,31). The molecule has 0 radical (unpaired) electrons. The number of thiazole rings is 1. The molecule has 0 aliphatic carbocycles. The average Bonchev–Trinajstić information content (AvgIpc) is 3.39. The van der Waals surface area contributed by atoms with Crippen LogP contribution in [0.15, 0.2) is 65.7 Å². The molecule has 0 atom stereocenters. The number of thiocarbonyl (C=S) groups is 1. The summed E-state index contributed by atoms with van der Waals surface area (Å²) in [6.45, 7) is 0.568. The number of thioether (sulfide) groups is 1. The van der Waals surface area contributed by atoms with Crippen LogP contribution in [0, 0.1) is 0 Å². The van der Waals surface area contributed by atoms with Crippen molar-refractivity contribution < 1.29 is 9.59 Å². The molecule has 1 fully saturated rings. The molecule has 3 aromatic rings. The Balaban J connectivity index is 1.16. The number of carbonyl (C=O) groups is 2. The molecule has 2 aromatic carbocycles. The van der Waals surface area contributed by atoms with Crippen LogP contribution in [0.1, 0.15) is 41.7 Å². The van der Waals surface area contributed by atoms with E-state index in [9.17, 15) is 9.59 Å². The topological polar surface area (TPSA) is 62.3 Å². The van der Waals surface area contributed by atoms with Crippen molar-refractivity contribution in [2.45, 2.75) is 32.1 Å².